The number of carbonyl (C=O) groups is 4. The number of rotatable bonds is 8. The first kappa shape index (κ1) is 34.3. The quantitative estimate of drug-likeness (QED) is 0.459. The summed E-state index contributed by atoms with van der Waals surface area (Å²) in [4.78, 5) is 51.3. The van der Waals surface area contributed by atoms with E-state index in [0.717, 1.165) is 22.6 Å². The minimum Gasteiger partial charge on any atom is -0.339 e. The summed E-state index contributed by atoms with van der Waals surface area (Å²) in [6.45, 7) is 7.91. The van der Waals surface area contributed by atoms with E-state index in [9.17, 15) is 46.4 Å². The van der Waals surface area contributed by atoms with Crippen molar-refractivity contribution in [2.75, 3.05) is 25.0 Å². The van der Waals surface area contributed by atoms with Gasteiger partial charge in [-0.1, -0.05) is 39.0 Å². The second-order valence-corrected chi connectivity index (χ2v) is 9.83. The zero-order valence-electron chi connectivity index (χ0n) is 22.9. The molecule has 3 unspecified atom stereocenters. The molecule has 1 heterocycles. The Hall–Kier alpha value is -3.76. The fraction of sp³-hybridized carbons (Fsp3) is 0.577. The summed E-state index contributed by atoms with van der Waals surface area (Å²) < 4.78 is 63.5. The van der Waals surface area contributed by atoms with E-state index < -0.39 is 60.3 Å². The van der Waals surface area contributed by atoms with Crippen LogP contribution in [0.2, 0.25) is 0 Å². The number of nitrogens with one attached hydrogen (secondary N) is 2. The molecule has 1 aromatic carbocycles. The van der Waals surface area contributed by atoms with Crippen LogP contribution in [0.15, 0.2) is 30.3 Å². The van der Waals surface area contributed by atoms with Crippen LogP contribution < -0.4 is 10.6 Å². The number of benzene rings is 1. The Bertz CT molecular complexity index is 1070. The van der Waals surface area contributed by atoms with Gasteiger partial charge in [0.05, 0.1) is 18.5 Å². The smallest absolute Gasteiger partial charge is 0.339 e. The normalized spacial score (nSPS) is 17.7. The number of carbonyl (C=O) groups excluding carboxylic acids is 4. The Labute approximate surface area is 229 Å². The van der Waals surface area contributed by atoms with Crippen molar-refractivity contribution < 1.29 is 41.1 Å². The van der Waals surface area contributed by atoms with Crippen molar-refractivity contribution in [1.82, 2.24) is 15.1 Å². The van der Waals surface area contributed by atoms with E-state index in [1.54, 1.807) is 30.3 Å². The molecule has 4 amide bonds. The number of hydrogen-bond acceptors (Lipinski definition) is 5. The standard InChI is InChI=1S/C22H24F5N5O4.C4H10/c1-3-31(19(35)13(2)29-20(36)21(23,24)22(25,26)27)12-17(33)32-11-14(9-16(32)10-28)18(34)30-15-7-5-4-6-8-15;1-4(2)3/h4-8,13-14,16H,3,9,11-12H2,1-2H3,(H,29,36)(H,30,34);4H,1-3H3. The summed E-state index contributed by atoms with van der Waals surface area (Å²) in [5, 5.41) is 13.4. The number of likely N-dealkylation sites (tertiary alicyclic amines) is 1. The highest BCUT2D eigenvalue weighted by Gasteiger charge is 2.63. The summed E-state index contributed by atoms with van der Waals surface area (Å²) >= 11 is 0. The number of alkyl halides is 5. The molecule has 3 atom stereocenters. The molecule has 222 valence electrons. The van der Waals surface area contributed by atoms with E-state index >= 15 is 0 Å². The van der Waals surface area contributed by atoms with Crippen molar-refractivity contribution in [2.45, 2.75) is 65.2 Å². The largest absolute Gasteiger partial charge is 0.463 e. The van der Waals surface area contributed by atoms with Crippen molar-refractivity contribution in [2.24, 2.45) is 11.8 Å². The van der Waals surface area contributed by atoms with Crippen molar-refractivity contribution in [3.8, 4) is 6.07 Å². The Morgan fingerprint density at radius 3 is 2.10 bits per heavy atom. The summed E-state index contributed by atoms with van der Waals surface area (Å²) in [6, 6.07) is 7.65. The molecule has 14 heteroatoms. The van der Waals surface area contributed by atoms with Crippen LogP contribution in [-0.4, -0.2) is 77.2 Å². The van der Waals surface area contributed by atoms with Crippen LogP contribution in [0.5, 0.6) is 0 Å². The first-order chi connectivity index (χ1) is 18.5. The van der Waals surface area contributed by atoms with Gasteiger partial charge in [-0.25, -0.2) is 0 Å². The number of para-hydroxylation sites is 1. The van der Waals surface area contributed by atoms with E-state index in [2.05, 4.69) is 26.1 Å². The van der Waals surface area contributed by atoms with Crippen LogP contribution in [0.4, 0.5) is 27.6 Å². The number of hydrogen-bond donors (Lipinski definition) is 2. The summed E-state index contributed by atoms with van der Waals surface area (Å²) in [5.41, 5.74) is 0.524. The van der Waals surface area contributed by atoms with Crippen LogP contribution in [0, 0.1) is 23.2 Å². The summed E-state index contributed by atoms with van der Waals surface area (Å²) in [7, 11) is 0. The van der Waals surface area contributed by atoms with Crippen molar-refractivity contribution in [3.05, 3.63) is 30.3 Å². The molecule has 1 saturated heterocycles. The van der Waals surface area contributed by atoms with Gasteiger partial charge in [0.25, 0.3) is 0 Å². The maximum atomic E-state index is 13.2. The molecule has 0 aromatic heterocycles. The van der Waals surface area contributed by atoms with E-state index in [4.69, 9.17) is 0 Å². The van der Waals surface area contributed by atoms with Crippen LogP contribution >= 0.6 is 0 Å². The first-order valence-electron chi connectivity index (χ1n) is 12.5. The SMILES string of the molecule is CC(C)C.CCN(CC(=O)N1CC(C(=O)Nc2ccccc2)CC1C#N)C(=O)C(C)NC(=O)C(F)(F)C(F)(F)F. The molecule has 2 rings (SSSR count). The molecular weight excluding hydrogens is 541 g/mol. The van der Waals surface area contributed by atoms with Gasteiger partial charge in [-0.3, -0.25) is 19.2 Å². The lowest BCUT2D eigenvalue weighted by atomic mass is 10.1. The van der Waals surface area contributed by atoms with E-state index in [-0.39, 0.29) is 19.5 Å². The molecule has 1 aliphatic heterocycles. The molecule has 2 N–H and O–H groups in total. The minimum absolute atomic E-state index is 0.0416. The molecule has 40 heavy (non-hydrogen) atoms. The van der Waals surface area contributed by atoms with Gasteiger partial charge in [-0.05, 0) is 38.3 Å². The van der Waals surface area contributed by atoms with Gasteiger partial charge in [0.2, 0.25) is 17.7 Å². The van der Waals surface area contributed by atoms with Gasteiger partial charge >= 0.3 is 18.0 Å². The third kappa shape index (κ3) is 9.46. The first-order valence-corrected chi connectivity index (χ1v) is 12.5. The van der Waals surface area contributed by atoms with Crippen LogP contribution in [0.3, 0.4) is 0 Å². The molecule has 0 bridgehead atoms. The highest BCUT2D eigenvalue weighted by atomic mass is 19.4. The lowest BCUT2D eigenvalue weighted by molar-refractivity contribution is -0.270. The molecule has 0 saturated carbocycles. The highest BCUT2D eigenvalue weighted by molar-refractivity contribution is 5.95. The number of halogens is 5. The number of amides is 4. The fourth-order valence-electron chi connectivity index (χ4n) is 3.54. The number of nitriles is 1. The number of likely N-dealkylation sites (N-methyl/N-ethyl adjacent to an activating group) is 1. The molecule has 1 aliphatic rings. The lowest BCUT2D eigenvalue weighted by Gasteiger charge is -2.28. The van der Waals surface area contributed by atoms with E-state index in [0.29, 0.717) is 5.69 Å². The van der Waals surface area contributed by atoms with Crippen LogP contribution in [-0.2, 0) is 19.2 Å². The van der Waals surface area contributed by atoms with Gasteiger partial charge < -0.3 is 20.4 Å². The van der Waals surface area contributed by atoms with E-state index in [1.165, 1.54) is 12.2 Å². The maximum absolute atomic E-state index is 13.2. The Morgan fingerprint density at radius 2 is 1.62 bits per heavy atom. The summed E-state index contributed by atoms with van der Waals surface area (Å²) in [5.74, 6) is -10.5. The monoisotopic (exact) mass is 575 g/mol. The molecule has 0 aliphatic carbocycles. The Morgan fingerprint density at radius 1 is 1.07 bits per heavy atom. The van der Waals surface area contributed by atoms with E-state index in [1.807, 2.05) is 6.07 Å². The van der Waals surface area contributed by atoms with Gasteiger partial charge in [0, 0.05) is 18.8 Å². The second kappa shape index (κ2) is 14.6. The Balaban J connectivity index is 0.00000187. The van der Waals surface area contributed by atoms with Crippen LogP contribution in [0.1, 0.15) is 41.0 Å². The van der Waals surface area contributed by atoms with Crippen molar-refractivity contribution >= 4 is 29.3 Å². The molecule has 0 radical (unpaired) electrons. The fourth-order valence-corrected chi connectivity index (χ4v) is 3.54. The summed E-state index contributed by atoms with van der Waals surface area (Å²) in [6.07, 6.45) is -6.11. The second-order valence-electron chi connectivity index (χ2n) is 9.83. The third-order valence-corrected chi connectivity index (χ3v) is 5.56. The molecule has 9 nitrogen and oxygen atoms in total. The Kier molecular flexibility index (Phi) is 12.5. The topological polar surface area (TPSA) is 123 Å². The van der Waals surface area contributed by atoms with Crippen molar-refractivity contribution in [1.29, 1.82) is 5.26 Å². The third-order valence-electron chi connectivity index (χ3n) is 5.56. The zero-order chi connectivity index (χ0) is 30.8. The molecule has 0 spiro atoms. The predicted octanol–water partition coefficient (Wildman–Crippen LogP) is 3.58. The number of anilines is 1. The lowest BCUT2D eigenvalue weighted by Crippen LogP contribution is -2.56. The zero-order valence-corrected chi connectivity index (χ0v) is 22.9. The minimum atomic E-state index is -6.15. The van der Waals surface area contributed by atoms with Gasteiger partial charge in [0.15, 0.2) is 0 Å². The molecule has 1 fully saturated rings. The molecular formula is C26H34F5N5O4. The van der Waals surface area contributed by atoms with Gasteiger partial charge in [0.1, 0.15) is 12.1 Å². The van der Waals surface area contributed by atoms with Crippen molar-refractivity contribution in [3.63, 3.8) is 0 Å². The molecule has 1 aromatic rings. The maximum Gasteiger partial charge on any atom is 0.463 e. The van der Waals surface area contributed by atoms with Gasteiger partial charge in [-0.2, -0.15) is 27.2 Å². The predicted molar refractivity (Wildman–Crippen MR) is 136 cm³/mol. The van der Waals surface area contributed by atoms with Crippen LogP contribution in [0.25, 0.3) is 0 Å². The average molecular weight is 576 g/mol. The van der Waals surface area contributed by atoms with Gasteiger partial charge in [-0.15, -0.1) is 0 Å². The highest BCUT2D eigenvalue weighted by Crippen LogP contribution is 2.35. The number of nitrogens with zero attached hydrogens (tertiary/aromatic N) is 3. The average Bonchev–Trinajstić information content (AvgIpc) is 3.31.